The third kappa shape index (κ3) is 3.75. The number of likely N-dealkylation sites (N-methyl/N-ethyl adjacent to an activating group) is 1. The summed E-state index contributed by atoms with van der Waals surface area (Å²) in [5, 5.41) is 0. The number of piperazine rings is 1. The van der Waals surface area contributed by atoms with Crippen LogP contribution in [0.2, 0.25) is 0 Å². The van der Waals surface area contributed by atoms with Crippen molar-refractivity contribution in [2.45, 2.75) is 44.2 Å². The summed E-state index contributed by atoms with van der Waals surface area (Å²) in [6, 6.07) is 9.98. The van der Waals surface area contributed by atoms with Gasteiger partial charge < -0.3 is 9.80 Å². The smallest absolute Gasteiger partial charge is 0.327 e. The molecule has 3 aliphatic rings. The molecule has 2 aliphatic heterocycles. The van der Waals surface area contributed by atoms with Gasteiger partial charge in [0.2, 0.25) is 5.91 Å². The number of amides is 4. The van der Waals surface area contributed by atoms with Crippen molar-refractivity contribution < 1.29 is 14.4 Å². The molecule has 4 amide bonds. The largest absolute Gasteiger partial charge is 0.339 e. The first-order valence-corrected chi connectivity index (χ1v) is 10.6. The summed E-state index contributed by atoms with van der Waals surface area (Å²) in [6.07, 6.45) is 4.42. The highest BCUT2D eigenvalue weighted by Crippen LogP contribution is 2.39. The maximum atomic E-state index is 13.1. The molecule has 2 saturated heterocycles. The van der Waals surface area contributed by atoms with E-state index < -0.39 is 5.54 Å². The first kappa shape index (κ1) is 19.9. The van der Waals surface area contributed by atoms with Crippen molar-refractivity contribution in [2.75, 3.05) is 39.8 Å². The minimum atomic E-state index is -0.718. The molecule has 0 atom stereocenters. The second kappa shape index (κ2) is 8.14. The lowest BCUT2D eigenvalue weighted by atomic mass is 9.81. The lowest BCUT2D eigenvalue weighted by molar-refractivity contribution is -0.141. The third-order valence-corrected chi connectivity index (χ3v) is 6.75. The van der Waals surface area contributed by atoms with Gasteiger partial charge in [-0.3, -0.25) is 19.4 Å². The van der Waals surface area contributed by atoms with Crippen molar-refractivity contribution in [1.82, 2.24) is 19.6 Å². The topological polar surface area (TPSA) is 64.2 Å². The molecule has 1 aromatic rings. The molecular weight excluding hydrogens is 368 g/mol. The molecule has 0 N–H and O–H groups in total. The van der Waals surface area contributed by atoms with E-state index >= 15 is 0 Å². The van der Waals surface area contributed by atoms with E-state index in [1.165, 1.54) is 10.5 Å². The number of rotatable bonds is 4. The van der Waals surface area contributed by atoms with E-state index in [0.717, 1.165) is 38.9 Å². The number of carbonyl (C=O) groups is 3. The van der Waals surface area contributed by atoms with Gasteiger partial charge in [0.05, 0.1) is 0 Å². The summed E-state index contributed by atoms with van der Waals surface area (Å²) < 4.78 is 0. The third-order valence-electron chi connectivity index (χ3n) is 6.75. The van der Waals surface area contributed by atoms with E-state index in [9.17, 15) is 14.4 Å². The van der Waals surface area contributed by atoms with Crippen molar-refractivity contribution in [3.05, 3.63) is 35.9 Å². The minimum Gasteiger partial charge on any atom is -0.339 e. The SMILES string of the molecule is CN1C(=O)N(CC(=O)N2CCN(Cc3ccccc3)CC2)C(=O)C12CCCCC2. The summed E-state index contributed by atoms with van der Waals surface area (Å²) in [5.74, 6) is -0.312. The second-order valence-electron chi connectivity index (χ2n) is 8.47. The second-order valence-corrected chi connectivity index (χ2v) is 8.47. The predicted molar refractivity (Wildman–Crippen MR) is 109 cm³/mol. The van der Waals surface area contributed by atoms with Gasteiger partial charge in [-0.25, -0.2) is 4.79 Å². The number of hydrogen-bond acceptors (Lipinski definition) is 4. The molecule has 7 heteroatoms. The van der Waals surface area contributed by atoms with Gasteiger partial charge in [-0.15, -0.1) is 0 Å². The molecule has 0 bridgehead atoms. The molecule has 29 heavy (non-hydrogen) atoms. The highest BCUT2D eigenvalue weighted by Gasteiger charge is 2.56. The van der Waals surface area contributed by atoms with E-state index in [0.29, 0.717) is 25.9 Å². The van der Waals surface area contributed by atoms with Gasteiger partial charge in [-0.05, 0) is 18.4 Å². The summed E-state index contributed by atoms with van der Waals surface area (Å²) in [6.45, 7) is 3.59. The van der Waals surface area contributed by atoms with Crippen molar-refractivity contribution in [3.8, 4) is 0 Å². The van der Waals surface area contributed by atoms with E-state index in [2.05, 4.69) is 17.0 Å². The molecule has 0 unspecified atom stereocenters. The van der Waals surface area contributed by atoms with E-state index in [1.807, 2.05) is 18.2 Å². The molecule has 156 valence electrons. The number of benzene rings is 1. The van der Waals surface area contributed by atoms with E-state index in [-0.39, 0.29) is 24.4 Å². The Morgan fingerprint density at radius 1 is 0.966 bits per heavy atom. The predicted octanol–water partition coefficient (Wildman–Crippen LogP) is 1.93. The van der Waals surface area contributed by atoms with Crippen LogP contribution in [0.5, 0.6) is 0 Å². The molecule has 1 aliphatic carbocycles. The van der Waals surface area contributed by atoms with Crippen LogP contribution in [0.1, 0.15) is 37.7 Å². The van der Waals surface area contributed by atoms with Crippen LogP contribution >= 0.6 is 0 Å². The van der Waals surface area contributed by atoms with Gasteiger partial charge in [0.1, 0.15) is 12.1 Å². The molecule has 0 radical (unpaired) electrons. The number of urea groups is 1. The van der Waals surface area contributed by atoms with Crippen LogP contribution < -0.4 is 0 Å². The van der Waals surface area contributed by atoms with Crippen LogP contribution in [0.3, 0.4) is 0 Å². The fourth-order valence-electron chi connectivity index (χ4n) is 4.90. The van der Waals surface area contributed by atoms with Gasteiger partial charge >= 0.3 is 6.03 Å². The zero-order valence-electron chi connectivity index (χ0n) is 17.2. The maximum Gasteiger partial charge on any atom is 0.327 e. The van der Waals surface area contributed by atoms with Crippen LogP contribution in [0, 0.1) is 0 Å². The van der Waals surface area contributed by atoms with E-state index in [1.54, 1.807) is 16.8 Å². The lowest BCUT2D eigenvalue weighted by Gasteiger charge is -2.36. The van der Waals surface area contributed by atoms with Gasteiger partial charge in [-0.2, -0.15) is 0 Å². The molecule has 1 aromatic carbocycles. The Balaban J connectivity index is 1.33. The van der Waals surface area contributed by atoms with Crippen LogP contribution in [0.15, 0.2) is 30.3 Å². The van der Waals surface area contributed by atoms with Crippen molar-refractivity contribution >= 4 is 17.8 Å². The summed E-state index contributed by atoms with van der Waals surface area (Å²) in [7, 11) is 1.71. The quantitative estimate of drug-likeness (QED) is 0.727. The Kier molecular flexibility index (Phi) is 5.58. The fraction of sp³-hybridized carbons (Fsp3) is 0.591. The van der Waals surface area contributed by atoms with Gasteiger partial charge in [0.25, 0.3) is 5.91 Å². The first-order valence-electron chi connectivity index (χ1n) is 10.6. The monoisotopic (exact) mass is 398 g/mol. The molecular formula is C22H30N4O3. The summed E-state index contributed by atoms with van der Waals surface area (Å²) in [4.78, 5) is 45.5. The zero-order valence-corrected chi connectivity index (χ0v) is 17.2. The zero-order chi connectivity index (χ0) is 20.4. The highest BCUT2D eigenvalue weighted by atomic mass is 16.2. The van der Waals surface area contributed by atoms with Crippen LogP contribution in [-0.4, -0.2) is 82.8 Å². The fourth-order valence-corrected chi connectivity index (χ4v) is 4.90. The standard InChI is InChI=1S/C22H30N4O3/c1-23-21(29)26(20(28)22(23)10-6-3-7-11-22)17-19(27)25-14-12-24(13-15-25)16-18-8-4-2-5-9-18/h2,4-5,8-9H,3,6-7,10-17H2,1H3. The Labute approximate surface area is 172 Å². The van der Waals surface area contributed by atoms with Crippen LogP contribution in [0.25, 0.3) is 0 Å². The molecule has 7 nitrogen and oxygen atoms in total. The molecule has 3 fully saturated rings. The number of nitrogens with zero attached hydrogens (tertiary/aromatic N) is 4. The molecule has 4 rings (SSSR count). The van der Waals surface area contributed by atoms with Crippen LogP contribution in [-0.2, 0) is 16.1 Å². The molecule has 2 heterocycles. The number of carbonyl (C=O) groups excluding carboxylic acids is 3. The van der Waals surface area contributed by atoms with Gasteiger partial charge in [0.15, 0.2) is 0 Å². The van der Waals surface area contributed by atoms with Crippen molar-refractivity contribution in [2.24, 2.45) is 0 Å². The Hall–Kier alpha value is -2.41. The van der Waals surface area contributed by atoms with Crippen molar-refractivity contribution in [1.29, 1.82) is 0 Å². The van der Waals surface area contributed by atoms with Crippen molar-refractivity contribution in [3.63, 3.8) is 0 Å². The Morgan fingerprint density at radius 2 is 1.62 bits per heavy atom. The maximum absolute atomic E-state index is 13.1. The average molecular weight is 399 g/mol. The lowest BCUT2D eigenvalue weighted by Crippen LogP contribution is -2.52. The Bertz CT molecular complexity index is 768. The minimum absolute atomic E-state index is 0.132. The molecule has 1 saturated carbocycles. The Morgan fingerprint density at radius 3 is 2.28 bits per heavy atom. The molecule has 1 spiro atoms. The number of hydrogen-bond donors (Lipinski definition) is 0. The van der Waals surface area contributed by atoms with E-state index in [4.69, 9.17) is 0 Å². The van der Waals surface area contributed by atoms with Gasteiger partial charge in [0, 0.05) is 39.8 Å². The first-order chi connectivity index (χ1) is 14.0. The molecule has 0 aromatic heterocycles. The normalized spacial score (nSPS) is 22.6. The summed E-state index contributed by atoms with van der Waals surface area (Å²) in [5.41, 5.74) is 0.547. The van der Waals surface area contributed by atoms with Gasteiger partial charge in [-0.1, -0.05) is 49.6 Å². The average Bonchev–Trinajstić information content (AvgIpc) is 2.92. The summed E-state index contributed by atoms with van der Waals surface area (Å²) >= 11 is 0. The highest BCUT2D eigenvalue weighted by molar-refractivity contribution is 6.08. The number of imide groups is 1. The van der Waals surface area contributed by atoms with Crippen LogP contribution in [0.4, 0.5) is 4.79 Å².